The maximum atomic E-state index is 12.2. The van der Waals surface area contributed by atoms with Crippen molar-refractivity contribution in [3.63, 3.8) is 0 Å². The monoisotopic (exact) mass is 1290 g/mol. The van der Waals surface area contributed by atoms with E-state index >= 15 is 0 Å². The zero-order valence-electron chi connectivity index (χ0n) is 24.5. The Morgan fingerprint density at radius 1 is 1.14 bits per heavy atom. The summed E-state index contributed by atoms with van der Waals surface area (Å²) >= 11 is 6.51. The van der Waals surface area contributed by atoms with E-state index in [1.165, 1.54) is 30.7 Å². The molecule has 3 aromatic rings. The Balaban J connectivity index is -0.000000536. The molecule has 2 aromatic carbocycles. The van der Waals surface area contributed by atoms with Crippen LogP contribution in [0, 0.1) is 13.8 Å². The number of amidine groups is 1. The summed E-state index contributed by atoms with van der Waals surface area (Å²) in [4.78, 5) is 13.0. The molecule has 3 rings (SSSR count). The first-order valence-corrected chi connectivity index (χ1v) is 29.2. The molecule has 0 aliphatic rings. The predicted molar refractivity (Wildman–Crippen MR) is 190 cm³/mol. The number of carbonyl (C=O) groups excluding carboxylic acids is 1. The van der Waals surface area contributed by atoms with Gasteiger partial charge in [-0.25, -0.2) is 4.79 Å². The van der Waals surface area contributed by atoms with Crippen molar-refractivity contribution in [2.24, 2.45) is 10.9 Å². The molecular weight excluding hydrogens is 1260 g/mol. The molecule has 8 nitrogen and oxygen atoms in total. The van der Waals surface area contributed by atoms with E-state index in [0.29, 0.717) is 5.56 Å². The molecule has 3 N–H and O–H groups in total. The Morgan fingerprint density at radius 3 is 1.88 bits per heavy atom. The second-order valence-corrected chi connectivity index (χ2v) is 23.2. The van der Waals surface area contributed by atoms with Crippen molar-refractivity contribution in [3.05, 3.63) is 71.1 Å². The Kier molecular flexibility index (Phi) is 24.4. The third-order valence-corrected chi connectivity index (χ3v) is 3.94. The van der Waals surface area contributed by atoms with Crippen molar-refractivity contribution in [2.45, 2.75) is 33.1 Å². The van der Waals surface area contributed by atoms with Crippen molar-refractivity contribution in [2.75, 3.05) is 6.61 Å². The topological polar surface area (TPSA) is 124 Å². The van der Waals surface area contributed by atoms with Crippen LogP contribution in [0.15, 0.2) is 58.2 Å². The van der Waals surface area contributed by atoms with E-state index in [4.69, 9.17) is 12.7 Å². The minimum atomic E-state index is -4.85. The van der Waals surface area contributed by atoms with Crippen LogP contribution in [0.2, 0.25) is 0 Å². The molecule has 0 amide bonds. The molecule has 20 heteroatoms. The number of halogens is 12. The third kappa shape index (κ3) is 21.1. The van der Waals surface area contributed by atoms with Crippen molar-refractivity contribution in [1.82, 2.24) is 10.1 Å². The van der Waals surface area contributed by atoms with E-state index < -0.39 is 37.3 Å². The van der Waals surface area contributed by atoms with Gasteiger partial charge in [-0.05, 0) is 20.8 Å². The van der Waals surface area contributed by atoms with Gasteiger partial charge in [0.15, 0.2) is 5.84 Å². The number of aromatic nitrogens is 2. The van der Waals surface area contributed by atoms with Crippen LogP contribution in [0.1, 0.15) is 29.5 Å². The fourth-order valence-electron chi connectivity index (χ4n) is 2.15. The molecule has 0 bridgehead atoms. The number of nitrogens with zero attached hydrogens (tertiary/aromatic N) is 3. The molecule has 0 fully saturated rings. The number of ether oxygens (including phenoxy) is 1. The van der Waals surface area contributed by atoms with Gasteiger partial charge in [-0.3, -0.25) is 0 Å². The van der Waals surface area contributed by atoms with Crippen LogP contribution >= 0.6 is 92.7 Å². The van der Waals surface area contributed by atoms with Crippen molar-refractivity contribution >= 4 is 104 Å². The standard InChI is InChI=1S/C10H7F3N2O.C8H10N2O.C4H5F3O2.HI3.HI2.HI/c1-6-2-4-7(5-3-6)8-14-9(16-15-8)10(11,12)13;1-6-2-4-7(5-3-6)8(9)10-11;1-2-9-3(8)4(5,6)7;1-3-2;1-2;/h2-5H,1H3;2-5,11H,1H3,(H2,9,10);2H2,1H3;3H;1H;1H/q;;;;-1;/i;;;3T;1T;/hT. The predicted octanol–water partition coefficient (Wildman–Crippen LogP) is 5.89. The van der Waals surface area contributed by atoms with Gasteiger partial charge in [0.1, 0.15) is 0.594 Å². The van der Waals surface area contributed by atoms with Gasteiger partial charge in [-0.2, -0.15) is 31.3 Å². The summed E-state index contributed by atoms with van der Waals surface area (Å²) in [5.41, 5.74) is 8.72. The molecule has 0 saturated carbocycles. The quantitative estimate of drug-likeness (QED) is 0.0638. The fraction of sp³-hybridized carbons (Fsp3) is 0.273. The first-order chi connectivity index (χ1) is 20.8. The van der Waals surface area contributed by atoms with Crippen LogP contribution in [-0.4, -0.2) is 41.7 Å². The van der Waals surface area contributed by atoms with E-state index in [-0.39, 0.29) is 36.7 Å². The van der Waals surface area contributed by atoms with Crippen LogP contribution in [0.3, 0.4) is 0 Å². The SMILES string of the molecule is CCOC(=O)C(F)(F)F.Cc1ccc(-c2noc(C(F)(F)F)n2)cc1.Cc1ccc(C(N)=NO)cc1.[3H]I.[3H]I(I)I.[3H][I-]I. The van der Waals surface area contributed by atoms with Gasteiger partial charge in [0.25, 0.3) is 0 Å². The summed E-state index contributed by atoms with van der Waals surface area (Å²) in [5, 5.41) is 14.5. The number of alkyl halides is 6. The second kappa shape index (κ2) is 25.5. The summed E-state index contributed by atoms with van der Waals surface area (Å²) in [7, 11) is 0. The van der Waals surface area contributed by atoms with Gasteiger partial charge in [-0.15, -0.1) is 23.8 Å². The molecular formula is C22H25F6I6N4O4-. The number of hydrogen-bond acceptors (Lipinski definition) is 7. The molecule has 0 radical (unpaired) electrons. The summed E-state index contributed by atoms with van der Waals surface area (Å²) in [6.45, 7) is 4.92. The Bertz CT molecular complexity index is 1220. The average Bonchev–Trinajstić information content (AvgIpc) is 3.46. The molecule has 0 unspecified atom stereocenters. The minimum absolute atomic E-state index is 0.0627. The molecule has 42 heavy (non-hydrogen) atoms. The Hall–Kier alpha value is 0.280. The number of carbonyl (C=O) groups is 1. The first kappa shape index (κ1) is 40.3. The van der Waals surface area contributed by atoms with Crippen molar-refractivity contribution < 1.29 is 64.0 Å². The number of aryl methyl sites for hydroxylation is 2. The zero-order valence-corrected chi connectivity index (χ0v) is 34.4. The van der Waals surface area contributed by atoms with Crippen LogP contribution in [0.4, 0.5) is 26.3 Å². The van der Waals surface area contributed by atoms with Gasteiger partial charge in [0.05, 0.1) is 6.61 Å². The summed E-state index contributed by atoms with van der Waals surface area (Å²) < 4.78 is 96.5. The van der Waals surface area contributed by atoms with Gasteiger partial charge < -0.3 is 20.2 Å². The molecule has 0 saturated heterocycles. The number of hydrogen-bond donors (Lipinski definition) is 2. The number of oxime groups is 1. The molecule has 0 aliphatic carbocycles. The Labute approximate surface area is 309 Å². The molecule has 0 atom stereocenters. The van der Waals surface area contributed by atoms with Crippen LogP contribution in [-0.2, 0) is 15.7 Å². The number of rotatable bonds is 3. The molecule has 0 spiro atoms. The average molecular weight is 1290 g/mol. The summed E-state index contributed by atoms with van der Waals surface area (Å²) in [6.07, 6.45) is -9.45. The van der Waals surface area contributed by atoms with Crippen LogP contribution in [0.25, 0.3) is 11.4 Å². The van der Waals surface area contributed by atoms with E-state index in [9.17, 15) is 31.1 Å². The second-order valence-electron chi connectivity index (χ2n) is 6.91. The van der Waals surface area contributed by atoms with Gasteiger partial charge >= 0.3 is 113 Å². The molecule has 242 valence electrons. The van der Waals surface area contributed by atoms with Gasteiger partial charge in [0.2, 0.25) is 5.82 Å². The van der Waals surface area contributed by atoms with Gasteiger partial charge in [0, 0.05) is 11.1 Å². The van der Waals surface area contributed by atoms with Crippen molar-refractivity contribution in [3.8, 4) is 11.4 Å². The summed E-state index contributed by atoms with van der Waals surface area (Å²) in [6, 6.07) is 14.2. The van der Waals surface area contributed by atoms with Crippen LogP contribution < -0.4 is 24.2 Å². The third-order valence-electron chi connectivity index (χ3n) is 3.94. The first-order valence-electron chi connectivity index (χ1n) is 11.5. The number of esters is 1. The fourth-order valence-corrected chi connectivity index (χ4v) is 2.15. The van der Waals surface area contributed by atoms with E-state index in [1.807, 2.05) is 38.1 Å². The Morgan fingerprint density at radius 2 is 1.57 bits per heavy atom. The van der Waals surface area contributed by atoms with E-state index in [0.717, 1.165) is 16.7 Å². The van der Waals surface area contributed by atoms with E-state index in [2.05, 4.69) is 80.4 Å². The van der Waals surface area contributed by atoms with Crippen molar-refractivity contribution in [1.29, 1.82) is 1.78 Å². The van der Waals surface area contributed by atoms with Gasteiger partial charge in [-0.1, -0.05) is 70.0 Å². The van der Waals surface area contributed by atoms with Crippen LogP contribution in [0.5, 0.6) is 0 Å². The number of nitrogens with two attached hydrogens (primary N) is 1. The number of benzene rings is 2. The maximum absolute atomic E-state index is 12.2. The molecule has 1 heterocycles. The zero-order chi connectivity index (χ0) is 35.8. The normalized spacial score (nSPS) is 11.7. The molecule has 0 aliphatic heterocycles. The van der Waals surface area contributed by atoms with E-state index in [1.54, 1.807) is 24.3 Å². The summed E-state index contributed by atoms with van der Waals surface area (Å²) in [5.74, 6) is -3.38. The molecule has 1 aromatic heterocycles.